The fourth-order valence-corrected chi connectivity index (χ4v) is 3.25. The standard InChI is InChI=1S/C22H21N5O2/c1-16-7-9-17(10-8-16)15-27-19-6-4-12-24-20(19)26(22(27)29)14-13-25-21(28)18-5-2-3-11-23-18/h2-12H,13-15H2,1H3,(H,25,28). The van der Waals surface area contributed by atoms with Gasteiger partial charge in [0.2, 0.25) is 0 Å². The molecule has 4 aromatic rings. The molecule has 1 N–H and O–H groups in total. The molecule has 0 fully saturated rings. The maximum atomic E-state index is 13.1. The summed E-state index contributed by atoms with van der Waals surface area (Å²) in [4.78, 5) is 33.7. The predicted molar refractivity (Wildman–Crippen MR) is 111 cm³/mol. The Morgan fingerprint density at radius 1 is 0.966 bits per heavy atom. The second-order valence-corrected chi connectivity index (χ2v) is 6.82. The van der Waals surface area contributed by atoms with Crippen molar-refractivity contribution in [3.8, 4) is 0 Å². The van der Waals surface area contributed by atoms with Crippen LogP contribution in [0.15, 0.2) is 71.8 Å². The van der Waals surface area contributed by atoms with E-state index in [4.69, 9.17) is 0 Å². The van der Waals surface area contributed by atoms with Crippen molar-refractivity contribution in [3.63, 3.8) is 0 Å². The van der Waals surface area contributed by atoms with Crippen molar-refractivity contribution >= 4 is 17.1 Å². The number of benzene rings is 1. The molecule has 3 aromatic heterocycles. The van der Waals surface area contributed by atoms with Crippen LogP contribution in [0.2, 0.25) is 0 Å². The van der Waals surface area contributed by atoms with Gasteiger partial charge in [-0.25, -0.2) is 9.78 Å². The van der Waals surface area contributed by atoms with Gasteiger partial charge in [-0.05, 0) is 36.8 Å². The van der Waals surface area contributed by atoms with Gasteiger partial charge in [0.25, 0.3) is 5.91 Å². The smallest absolute Gasteiger partial charge is 0.330 e. The summed E-state index contributed by atoms with van der Waals surface area (Å²) in [5.74, 6) is -0.269. The number of nitrogens with zero attached hydrogens (tertiary/aromatic N) is 4. The van der Waals surface area contributed by atoms with E-state index >= 15 is 0 Å². The Kier molecular flexibility index (Phi) is 5.20. The number of carbonyl (C=O) groups is 1. The Balaban J connectivity index is 1.56. The van der Waals surface area contributed by atoms with Crippen LogP contribution < -0.4 is 11.0 Å². The molecule has 29 heavy (non-hydrogen) atoms. The van der Waals surface area contributed by atoms with Crippen molar-refractivity contribution in [3.05, 3.63) is 94.3 Å². The minimum atomic E-state index is -0.269. The second-order valence-electron chi connectivity index (χ2n) is 6.82. The SMILES string of the molecule is Cc1ccc(Cn2c(=O)n(CCNC(=O)c3ccccn3)c3ncccc32)cc1. The van der Waals surface area contributed by atoms with E-state index in [1.807, 2.05) is 43.3 Å². The van der Waals surface area contributed by atoms with Gasteiger partial charge in [0.15, 0.2) is 5.65 Å². The molecular formula is C22H21N5O2. The highest BCUT2D eigenvalue weighted by atomic mass is 16.2. The van der Waals surface area contributed by atoms with Crippen LogP contribution in [0.25, 0.3) is 11.2 Å². The van der Waals surface area contributed by atoms with Crippen LogP contribution in [-0.2, 0) is 13.1 Å². The lowest BCUT2D eigenvalue weighted by molar-refractivity contribution is 0.0947. The number of rotatable bonds is 6. The monoisotopic (exact) mass is 387 g/mol. The molecule has 1 amide bonds. The Bertz CT molecular complexity index is 1190. The van der Waals surface area contributed by atoms with Gasteiger partial charge in [-0.2, -0.15) is 0 Å². The molecule has 0 aliphatic carbocycles. The molecule has 0 bridgehead atoms. The molecule has 0 spiro atoms. The van der Waals surface area contributed by atoms with Crippen LogP contribution in [0.1, 0.15) is 21.6 Å². The van der Waals surface area contributed by atoms with Gasteiger partial charge < -0.3 is 5.32 Å². The molecule has 7 heteroatoms. The Morgan fingerprint density at radius 2 is 1.76 bits per heavy atom. The van der Waals surface area contributed by atoms with E-state index in [9.17, 15) is 9.59 Å². The summed E-state index contributed by atoms with van der Waals surface area (Å²) in [6.45, 7) is 3.13. The van der Waals surface area contributed by atoms with Gasteiger partial charge in [0.1, 0.15) is 5.69 Å². The molecule has 1 aromatic carbocycles. The number of fused-ring (bicyclic) bond motifs is 1. The largest absolute Gasteiger partial charge is 0.349 e. The number of amides is 1. The highest BCUT2D eigenvalue weighted by Gasteiger charge is 2.14. The molecule has 0 aliphatic rings. The first-order chi connectivity index (χ1) is 14.1. The number of carbonyl (C=O) groups excluding carboxylic acids is 1. The molecular weight excluding hydrogens is 366 g/mol. The zero-order chi connectivity index (χ0) is 20.2. The molecule has 0 unspecified atom stereocenters. The first-order valence-electron chi connectivity index (χ1n) is 9.42. The average Bonchev–Trinajstić information content (AvgIpc) is 3.02. The molecule has 0 saturated carbocycles. The lowest BCUT2D eigenvalue weighted by Crippen LogP contribution is -2.32. The van der Waals surface area contributed by atoms with Crippen molar-refractivity contribution in [2.45, 2.75) is 20.0 Å². The van der Waals surface area contributed by atoms with E-state index < -0.39 is 0 Å². The van der Waals surface area contributed by atoms with Crippen LogP contribution >= 0.6 is 0 Å². The van der Waals surface area contributed by atoms with Crippen LogP contribution in [0.4, 0.5) is 0 Å². The third kappa shape index (κ3) is 3.94. The highest BCUT2D eigenvalue weighted by Crippen LogP contribution is 2.13. The van der Waals surface area contributed by atoms with Gasteiger partial charge in [-0.3, -0.25) is 18.9 Å². The summed E-state index contributed by atoms with van der Waals surface area (Å²) >= 11 is 0. The quantitative estimate of drug-likeness (QED) is 0.551. The topological polar surface area (TPSA) is 81.8 Å². The second kappa shape index (κ2) is 8.10. The molecule has 3 heterocycles. The summed E-state index contributed by atoms with van der Waals surface area (Å²) in [5.41, 5.74) is 3.80. The van der Waals surface area contributed by atoms with Gasteiger partial charge >= 0.3 is 5.69 Å². The number of aromatic nitrogens is 4. The van der Waals surface area contributed by atoms with E-state index in [1.54, 1.807) is 39.7 Å². The van der Waals surface area contributed by atoms with E-state index in [1.165, 1.54) is 5.56 Å². The van der Waals surface area contributed by atoms with E-state index in [2.05, 4.69) is 15.3 Å². The maximum Gasteiger partial charge on any atom is 0.330 e. The van der Waals surface area contributed by atoms with E-state index in [0.717, 1.165) is 11.1 Å². The van der Waals surface area contributed by atoms with Gasteiger partial charge in [0, 0.05) is 25.5 Å². The molecule has 0 aliphatic heterocycles. The van der Waals surface area contributed by atoms with Gasteiger partial charge in [-0.15, -0.1) is 0 Å². The molecule has 4 rings (SSSR count). The number of pyridine rings is 2. The fourth-order valence-electron chi connectivity index (χ4n) is 3.25. The van der Waals surface area contributed by atoms with E-state index in [0.29, 0.717) is 31.0 Å². The zero-order valence-electron chi connectivity index (χ0n) is 16.1. The number of hydrogen-bond donors (Lipinski definition) is 1. The third-order valence-corrected chi connectivity index (χ3v) is 4.75. The van der Waals surface area contributed by atoms with Crippen LogP contribution in [-0.4, -0.2) is 31.6 Å². The molecule has 0 radical (unpaired) electrons. The van der Waals surface area contributed by atoms with Crippen molar-refractivity contribution < 1.29 is 4.79 Å². The van der Waals surface area contributed by atoms with Crippen LogP contribution in [0, 0.1) is 6.92 Å². The van der Waals surface area contributed by atoms with Gasteiger partial charge in [0.05, 0.1) is 12.1 Å². The summed E-state index contributed by atoms with van der Waals surface area (Å²) in [6.07, 6.45) is 3.24. The minimum Gasteiger partial charge on any atom is -0.349 e. The van der Waals surface area contributed by atoms with Crippen LogP contribution in [0.3, 0.4) is 0 Å². The molecule has 146 valence electrons. The number of aryl methyl sites for hydroxylation is 1. The maximum absolute atomic E-state index is 13.1. The highest BCUT2D eigenvalue weighted by molar-refractivity contribution is 5.92. The van der Waals surface area contributed by atoms with Crippen molar-refractivity contribution in [1.82, 2.24) is 24.4 Å². The number of hydrogen-bond acceptors (Lipinski definition) is 4. The summed E-state index contributed by atoms with van der Waals surface area (Å²) < 4.78 is 3.32. The van der Waals surface area contributed by atoms with Crippen molar-refractivity contribution in [2.75, 3.05) is 6.54 Å². The predicted octanol–water partition coefficient (Wildman–Crippen LogP) is 2.38. The lowest BCUT2D eigenvalue weighted by Gasteiger charge is -2.06. The van der Waals surface area contributed by atoms with Gasteiger partial charge in [-0.1, -0.05) is 35.9 Å². The molecule has 7 nitrogen and oxygen atoms in total. The first kappa shape index (κ1) is 18.6. The van der Waals surface area contributed by atoms with Crippen molar-refractivity contribution in [2.24, 2.45) is 0 Å². The average molecular weight is 387 g/mol. The number of imidazole rings is 1. The lowest BCUT2D eigenvalue weighted by atomic mass is 10.1. The Labute approximate surface area is 167 Å². The fraction of sp³-hybridized carbons (Fsp3) is 0.182. The number of nitrogens with one attached hydrogen (secondary N) is 1. The normalized spacial score (nSPS) is 10.9. The molecule has 0 saturated heterocycles. The first-order valence-corrected chi connectivity index (χ1v) is 9.42. The summed E-state index contributed by atoms with van der Waals surface area (Å²) in [7, 11) is 0. The zero-order valence-corrected chi connectivity index (χ0v) is 16.1. The Morgan fingerprint density at radius 3 is 2.52 bits per heavy atom. The summed E-state index contributed by atoms with van der Waals surface area (Å²) in [6, 6.07) is 17.0. The van der Waals surface area contributed by atoms with E-state index in [-0.39, 0.29) is 11.6 Å². The van der Waals surface area contributed by atoms with Crippen LogP contribution in [0.5, 0.6) is 0 Å². The van der Waals surface area contributed by atoms with Crippen molar-refractivity contribution in [1.29, 1.82) is 0 Å². The summed E-state index contributed by atoms with van der Waals surface area (Å²) in [5, 5.41) is 2.81. The Hall–Kier alpha value is -3.74. The third-order valence-electron chi connectivity index (χ3n) is 4.75. The molecule has 0 atom stereocenters. The minimum absolute atomic E-state index is 0.147.